The minimum atomic E-state index is -0.172. The van der Waals surface area contributed by atoms with Crippen LogP contribution in [0.4, 0.5) is 5.69 Å². The Bertz CT molecular complexity index is 714. The second-order valence-electron chi connectivity index (χ2n) is 6.19. The Labute approximate surface area is 145 Å². The van der Waals surface area contributed by atoms with Gasteiger partial charge in [0.25, 0.3) is 5.91 Å². The number of hydrogen-bond donors (Lipinski definition) is 1. The molecule has 0 saturated heterocycles. The maximum absolute atomic E-state index is 12.4. The lowest BCUT2D eigenvalue weighted by Gasteiger charge is -2.22. The molecule has 0 atom stereocenters. The van der Waals surface area contributed by atoms with Crippen LogP contribution in [0, 0.1) is 5.92 Å². The standard InChI is InChI=1S/C18H21N3O2S/c1-12(2)18(23)21-10-8-14-15(9-11-21)24-17(20-14)16(22)19-13-6-4-3-5-7-13/h3-7,12H,8-11H2,1-2H3,(H,19,22). The van der Waals surface area contributed by atoms with Gasteiger partial charge in [0.2, 0.25) is 5.91 Å². The highest BCUT2D eigenvalue weighted by molar-refractivity contribution is 7.13. The average Bonchev–Trinajstić information content (AvgIpc) is 2.89. The molecule has 2 aromatic rings. The number of aromatic nitrogens is 1. The van der Waals surface area contributed by atoms with Gasteiger partial charge in [0.1, 0.15) is 0 Å². The summed E-state index contributed by atoms with van der Waals surface area (Å²) in [6, 6.07) is 9.38. The summed E-state index contributed by atoms with van der Waals surface area (Å²) in [5.74, 6) is 0.0305. The number of nitrogens with one attached hydrogen (secondary N) is 1. The lowest BCUT2D eigenvalue weighted by molar-refractivity contribution is -0.134. The third kappa shape index (κ3) is 3.64. The van der Waals surface area contributed by atoms with Gasteiger partial charge in [-0.3, -0.25) is 9.59 Å². The number of para-hydroxylation sites is 1. The Morgan fingerprint density at radius 2 is 1.88 bits per heavy atom. The number of carbonyl (C=O) groups excluding carboxylic acids is 2. The van der Waals surface area contributed by atoms with Gasteiger partial charge >= 0.3 is 0 Å². The molecule has 0 fully saturated rings. The molecule has 3 rings (SSSR count). The van der Waals surface area contributed by atoms with Crippen LogP contribution < -0.4 is 5.32 Å². The van der Waals surface area contributed by atoms with Crippen molar-refractivity contribution in [3.05, 3.63) is 45.9 Å². The fourth-order valence-electron chi connectivity index (χ4n) is 2.75. The second kappa shape index (κ2) is 7.13. The van der Waals surface area contributed by atoms with Crippen molar-refractivity contribution in [2.75, 3.05) is 18.4 Å². The zero-order chi connectivity index (χ0) is 17.1. The van der Waals surface area contributed by atoms with E-state index in [9.17, 15) is 9.59 Å². The number of nitrogens with zero attached hydrogens (tertiary/aromatic N) is 2. The summed E-state index contributed by atoms with van der Waals surface area (Å²) in [5.41, 5.74) is 1.72. The minimum absolute atomic E-state index is 0.0151. The lowest BCUT2D eigenvalue weighted by atomic mass is 10.2. The molecule has 0 aliphatic carbocycles. The van der Waals surface area contributed by atoms with Crippen LogP contribution in [0.3, 0.4) is 0 Å². The quantitative estimate of drug-likeness (QED) is 0.932. The van der Waals surface area contributed by atoms with Crippen molar-refractivity contribution in [2.24, 2.45) is 5.92 Å². The molecule has 0 saturated carbocycles. The fourth-order valence-corrected chi connectivity index (χ4v) is 3.74. The summed E-state index contributed by atoms with van der Waals surface area (Å²) in [6.45, 7) is 5.22. The summed E-state index contributed by atoms with van der Waals surface area (Å²) >= 11 is 1.44. The van der Waals surface area contributed by atoms with E-state index < -0.39 is 0 Å². The van der Waals surface area contributed by atoms with Gasteiger partial charge in [-0.2, -0.15) is 0 Å². The molecule has 6 heteroatoms. The molecule has 0 bridgehead atoms. The molecule has 0 unspecified atom stereocenters. The van der Waals surface area contributed by atoms with E-state index >= 15 is 0 Å². The van der Waals surface area contributed by atoms with E-state index in [1.165, 1.54) is 11.3 Å². The average molecular weight is 343 g/mol. The number of amides is 2. The van der Waals surface area contributed by atoms with Crippen molar-refractivity contribution in [2.45, 2.75) is 26.7 Å². The number of carbonyl (C=O) groups is 2. The molecule has 1 aliphatic rings. The van der Waals surface area contributed by atoms with Crippen LogP contribution in [0.1, 0.15) is 34.2 Å². The molecular weight excluding hydrogens is 322 g/mol. The van der Waals surface area contributed by atoms with E-state index in [0.29, 0.717) is 24.5 Å². The van der Waals surface area contributed by atoms with E-state index in [2.05, 4.69) is 10.3 Å². The van der Waals surface area contributed by atoms with E-state index in [-0.39, 0.29) is 17.7 Å². The van der Waals surface area contributed by atoms with Gasteiger partial charge < -0.3 is 10.2 Å². The van der Waals surface area contributed by atoms with Crippen molar-refractivity contribution in [3.63, 3.8) is 0 Å². The van der Waals surface area contributed by atoms with E-state index in [1.807, 2.05) is 49.1 Å². The maximum Gasteiger partial charge on any atom is 0.284 e. The Morgan fingerprint density at radius 1 is 1.17 bits per heavy atom. The highest BCUT2D eigenvalue weighted by Gasteiger charge is 2.24. The molecule has 24 heavy (non-hydrogen) atoms. The van der Waals surface area contributed by atoms with Gasteiger partial charge in [-0.05, 0) is 12.1 Å². The van der Waals surface area contributed by atoms with E-state index in [0.717, 1.165) is 22.7 Å². The number of anilines is 1. The van der Waals surface area contributed by atoms with Gasteiger partial charge in [0.15, 0.2) is 5.01 Å². The third-order valence-corrected chi connectivity index (χ3v) is 5.19. The molecule has 5 nitrogen and oxygen atoms in total. The minimum Gasteiger partial charge on any atom is -0.342 e. The van der Waals surface area contributed by atoms with Gasteiger partial charge in [-0.25, -0.2) is 4.98 Å². The number of benzene rings is 1. The van der Waals surface area contributed by atoms with Crippen LogP contribution >= 0.6 is 11.3 Å². The maximum atomic E-state index is 12.4. The van der Waals surface area contributed by atoms with Crippen molar-refractivity contribution >= 4 is 28.8 Å². The summed E-state index contributed by atoms with van der Waals surface area (Å²) in [4.78, 5) is 32.0. The molecule has 2 amide bonds. The van der Waals surface area contributed by atoms with Crippen LogP contribution in [0.2, 0.25) is 0 Å². The van der Waals surface area contributed by atoms with Crippen molar-refractivity contribution in [1.29, 1.82) is 0 Å². The van der Waals surface area contributed by atoms with E-state index in [4.69, 9.17) is 0 Å². The van der Waals surface area contributed by atoms with Gasteiger partial charge in [-0.1, -0.05) is 32.0 Å². The third-order valence-electron chi connectivity index (χ3n) is 4.04. The molecule has 1 aromatic carbocycles. The number of thiazole rings is 1. The first kappa shape index (κ1) is 16.6. The Hall–Kier alpha value is -2.21. The first-order chi connectivity index (χ1) is 11.5. The molecule has 0 spiro atoms. The molecule has 1 aliphatic heterocycles. The summed E-state index contributed by atoms with van der Waals surface area (Å²) in [5, 5.41) is 3.36. The van der Waals surface area contributed by atoms with Crippen molar-refractivity contribution < 1.29 is 9.59 Å². The zero-order valence-electron chi connectivity index (χ0n) is 13.9. The van der Waals surface area contributed by atoms with Crippen molar-refractivity contribution in [1.82, 2.24) is 9.88 Å². The summed E-state index contributed by atoms with van der Waals surface area (Å²) < 4.78 is 0. The zero-order valence-corrected chi connectivity index (χ0v) is 14.7. The number of rotatable bonds is 3. The van der Waals surface area contributed by atoms with Crippen LogP contribution in [-0.2, 0) is 17.6 Å². The predicted molar refractivity (Wildman–Crippen MR) is 95.3 cm³/mol. The number of fused-ring (bicyclic) bond motifs is 1. The molecule has 1 N–H and O–H groups in total. The van der Waals surface area contributed by atoms with Gasteiger partial charge in [0, 0.05) is 42.4 Å². The van der Waals surface area contributed by atoms with Crippen LogP contribution in [-0.4, -0.2) is 34.8 Å². The summed E-state index contributed by atoms with van der Waals surface area (Å²) in [6.07, 6.45) is 1.48. The Morgan fingerprint density at radius 3 is 2.58 bits per heavy atom. The Balaban J connectivity index is 1.68. The molecule has 1 aromatic heterocycles. The van der Waals surface area contributed by atoms with E-state index in [1.54, 1.807) is 0 Å². The molecule has 2 heterocycles. The highest BCUT2D eigenvalue weighted by atomic mass is 32.1. The lowest BCUT2D eigenvalue weighted by Crippen LogP contribution is -2.36. The van der Waals surface area contributed by atoms with Gasteiger partial charge in [0.05, 0.1) is 5.69 Å². The highest BCUT2D eigenvalue weighted by Crippen LogP contribution is 2.24. The van der Waals surface area contributed by atoms with Crippen LogP contribution in [0.25, 0.3) is 0 Å². The first-order valence-electron chi connectivity index (χ1n) is 8.18. The van der Waals surface area contributed by atoms with Crippen LogP contribution in [0.5, 0.6) is 0 Å². The normalized spacial score (nSPS) is 14.2. The monoisotopic (exact) mass is 343 g/mol. The molecule has 0 radical (unpaired) electrons. The second-order valence-corrected chi connectivity index (χ2v) is 7.27. The van der Waals surface area contributed by atoms with Crippen LogP contribution in [0.15, 0.2) is 30.3 Å². The molecule has 126 valence electrons. The first-order valence-corrected chi connectivity index (χ1v) is 9.00. The summed E-state index contributed by atoms with van der Waals surface area (Å²) in [7, 11) is 0. The topological polar surface area (TPSA) is 62.3 Å². The largest absolute Gasteiger partial charge is 0.342 e. The molecular formula is C18H21N3O2S. The predicted octanol–water partition coefficient (Wildman–Crippen LogP) is 2.98. The Kier molecular flexibility index (Phi) is 4.94. The van der Waals surface area contributed by atoms with Gasteiger partial charge in [-0.15, -0.1) is 11.3 Å². The van der Waals surface area contributed by atoms with Crippen molar-refractivity contribution in [3.8, 4) is 0 Å². The number of hydrogen-bond acceptors (Lipinski definition) is 4. The smallest absolute Gasteiger partial charge is 0.284 e. The fraction of sp³-hybridized carbons (Fsp3) is 0.389. The SMILES string of the molecule is CC(C)C(=O)N1CCc2nc(C(=O)Nc3ccccc3)sc2CC1.